The van der Waals surface area contributed by atoms with Crippen molar-refractivity contribution in [2.24, 2.45) is 5.92 Å². The van der Waals surface area contributed by atoms with Gasteiger partial charge in [0.25, 0.3) is 0 Å². The Labute approximate surface area is 101 Å². The molecule has 16 heavy (non-hydrogen) atoms. The lowest BCUT2D eigenvalue weighted by Crippen LogP contribution is -2.24. The van der Waals surface area contributed by atoms with Crippen molar-refractivity contribution in [3.8, 4) is 0 Å². The highest BCUT2D eigenvalue weighted by Crippen LogP contribution is 2.22. The summed E-state index contributed by atoms with van der Waals surface area (Å²) in [6.07, 6.45) is 2.67. The summed E-state index contributed by atoms with van der Waals surface area (Å²) in [5, 5.41) is 3.52. The lowest BCUT2D eigenvalue weighted by Gasteiger charge is -2.11. The molecule has 1 fully saturated rings. The Bertz CT molecular complexity index is 338. The van der Waals surface area contributed by atoms with Crippen LogP contribution in [-0.2, 0) is 0 Å². The predicted octanol–water partition coefficient (Wildman–Crippen LogP) is 3.31. The summed E-state index contributed by atoms with van der Waals surface area (Å²) in [6.45, 7) is 3.31. The fourth-order valence-corrected chi connectivity index (χ4v) is 2.48. The van der Waals surface area contributed by atoms with Crippen molar-refractivity contribution in [1.82, 2.24) is 5.32 Å². The Morgan fingerprint density at radius 1 is 1.50 bits per heavy atom. The Morgan fingerprint density at radius 3 is 3.00 bits per heavy atom. The molecule has 3 heteroatoms. The van der Waals surface area contributed by atoms with E-state index in [2.05, 4.69) is 12.2 Å². The van der Waals surface area contributed by atoms with Crippen molar-refractivity contribution in [1.29, 1.82) is 0 Å². The average Bonchev–Trinajstić information content (AvgIpc) is 3.07. The molecule has 1 atom stereocenters. The summed E-state index contributed by atoms with van der Waals surface area (Å²) in [5.74, 6) is 1.53. The number of rotatable bonds is 6. The molecular formula is C13H18FNS. The van der Waals surface area contributed by atoms with E-state index in [0.29, 0.717) is 5.92 Å². The van der Waals surface area contributed by atoms with Gasteiger partial charge in [-0.1, -0.05) is 13.0 Å². The molecule has 0 saturated heterocycles. The lowest BCUT2D eigenvalue weighted by atomic mass is 10.2. The lowest BCUT2D eigenvalue weighted by molar-refractivity contribution is 0.556. The van der Waals surface area contributed by atoms with Crippen molar-refractivity contribution >= 4 is 11.8 Å². The topological polar surface area (TPSA) is 12.0 Å². The fourth-order valence-electron chi connectivity index (χ4n) is 1.51. The minimum absolute atomic E-state index is 0.145. The van der Waals surface area contributed by atoms with Crippen molar-refractivity contribution in [3.63, 3.8) is 0 Å². The maximum absolute atomic E-state index is 12.9. The average molecular weight is 239 g/mol. The van der Waals surface area contributed by atoms with Gasteiger partial charge < -0.3 is 5.32 Å². The van der Waals surface area contributed by atoms with Gasteiger partial charge in [-0.2, -0.15) is 0 Å². The molecule has 1 N–H and O–H groups in total. The third-order valence-corrected chi connectivity index (χ3v) is 3.99. The van der Waals surface area contributed by atoms with Gasteiger partial charge in [0.1, 0.15) is 5.82 Å². The Hall–Kier alpha value is -0.540. The predicted molar refractivity (Wildman–Crippen MR) is 67.3 cm³/mol. The maximum atomic E-state index is 12.9. The van der Waals surface area contributed by atoms with Crippen LogP contribution in [0, 0.1) is 11.7 Å². The molecule has 0 aromatic heterocycles. The third kappa shape index (κ3) is 4.14. The van der Waals surface area contributed by atoms with Gasteiger partial charge in [0, 0.05) is 16.7 Å². The number of thioether (sulfide) groups is 1. The van der Waals surface area contributed by atoms with Gasteiger partial charge >= 0.3 is 0 Å². The first-order valence-corrected chi connectivity index (χ1v) is 6.84. The maximum Gasteiger partial charge on any atom is 0.124 e. The van der Waals surface area contributed by atoms with E-state index < -0.39 is 0 Å². The molecule has 1 aliphatic carbocycles. The molecule has 0 aliphatic heterocycles. The smallest absolute Gasteiger partial charge is 0.124 e. The molecule has 1 aromatic rings. The van der Waals surface area contributed by atoms with Crippen LogP contribution in [0.15, 0.2) is 29.2 Å². The van der Waals surface area contributed by atoms with Crippen LogP contribution in [0.4, 0.5) is 4.39 Å². The van der Waals surface area contributed by atoms with E-state index in [4.69, 9.17) is 0 Å². The molecular weight excluding hydrogens is 221 g/mol. The Kier molecular flexibility index (Phi) is 4.24. The quantitative estimate of drug-likeness (QED) is 0.764. The largest absolute Gasteiger partial charge is 0.314 e. The van der Waals surface area contributed by atoms with Crippen LogP contribution >= 0.6 is 11.8 Å². The van der Waals surface area contributed by atoms with Gasteiger partial charge in [-0.25, -0.2) is 4.39 Å². The first-order chi connectivity index (χ1) is 7.74. The number of halogens is 1. The van der Waals surface area contributed by atoms with Gasteiger partial charge in [-0.05, 0) is 43.5 Å². The van der Waals surface area contributed by atoms with Crippen LogP contribution in [0.1, 0.15) is 19.8 Å². The van der Waals surface area contributed by atoms with Gasteiger partial charge in [0.2, 0.25) is 0 Å². The molecule has 0 amide bonds. The minimum Gasteiger partial charge on any atom is -0.314 e. The van der Waals surface area contributed by atoms with E-state index in [1.54, 1.807) is 23.9 Å². The zero-order chi connectivity index (χ0) is 11.4. The molecule has 88 valence electrons. The molecule has 0 radical (unpaired) electrons. The summed E-state index contributed by atoms with van der Waals surface area (Å²) in [4.78, 5) is 1.03. The zero-order valence-corrected chi connectivity index (χ0v) is 10.4. The molecule has 0 spiro atoms. The van der Waals surface area contributed by atoms with Gasteiger partial charge in [-0.3, -0.25) is 0 Å². The second-order valence-electron chi connectivity index (χ2n) is 4.56. The van der Waals surface area contributed by atoms with Crippen LogP contribution in [0.3, 0.4) is 0 Å². The Balaban J connectivity index is 1.69. The van der Waals surface area contributed by atoms with Gasteiger partial charge in [0.05, 0.1) is 0 Å². The van der Waals surface area contributed by atoms with E-state index >= 15 is 0 Å². The summed E-state index contributed by atoms with van der Waals surface area (Å²) in [6, 6.07) is 7.61. The van der Waals surface area contributed by atoms with Crippen LogP contribution < -0.4 is 5.32 Å². The van der Waals surface area contributed by atoms with Crippen LogP contribution in [0.2, 0.25) is 0 Å². The standard InChI is InChI=1S/C13H18FNS/c1-10(8-15-12-5-6-12)9-16-13-4-2-3-11(14)7-13/h2-4,7,10,12,15H,5-6,8-9H2,1H3. The Morgan fingerprint density at radius 2 is 2.31 bits per heavy atom. The zero-order valence-electron chi connectivity index (χ0n) is 9.58. The molecule has 1 saturated carbocycles. The normalized spacial score (nSPS) is 17.4. The van der Waals surface area contributed by atoms with E-state index in [1.165, 1.54) is 18.9 Å². The number of hydrogen-bond donors (Lipinski definition) is 1. The first-order valence-electron chi connectivity index (χ1n) is 5.86. The SMILES string of the molecule is CC(CNC1CC1)CSc1cccc(F)c1. The molecule has 1 nitrogen and oxygen atoms in total. The second-order valence-corrected chi connectivity index (χ2v) is 5.65. The monoisotopic (exact) mass is 239 g/mol. The highest BCUT2D eigenvalue weighted by atomic mass is 32.2. The summed E-state index contributed by atoms with van der Waals surface area (Å²) < 4.78 is 12.9. The van der Waals surface area contributed by atoms with Crippen molar-refractivity contribution in [3.05, 3.63) is 30.1 Å². The molecule has 1 unspecified atom stereocenters. The van der Waals surface area contributed by atoms with E-state index in [9.17, 15) is 4.39 Å². The van der Waals surface area contributed by atoms with Gasteiger partial charge in [-0.15, -0.1) is 11.8 Å². The van der Waals surface area contributed by atoms with Crippen molar-refractivity contribution in [2.75, 3.05) is 12.3 Å². The van der Waals surface area contributed by atoms with E-state index in [1.807, 2.05) is 6.07 Å². The highest BCUT2D eigenvalue weighted by Gasteiger charge is 2.20. The molecule has 1 aromatic carbocycles. The number of nitrogens with one attached hydrogen (secondary N) is 1. The molecule has 1 aliphatic rings. The summed E-state index contributed by atoms with van der Waals surface area (Å²) in [5.41, 5.74) is 0. The van der Waals surface area contributed by atoms with Gasteiger partial charge in [0.15, 0.2) is 0 Å². The highest BCUT2D eigenvalue weighted by molar-refractivity contribution is 7.99. The second kappa shape index (κ2) is 5.69. The summed E-state index contributed by atoms with van der Waals surface area (Å²) in [7, 11) is 0. The van der Waals surface area contributed by atoms with Crippen molar-refractivity contribution < 1.29 is 4.39 Å². The van der Waals surface area contributed by atoms with Crippen LogP contribution in [0.25, 0.3) is 0 Å². The van der Waals surface area contributed by atoms with Crippen LogP contribution in [-0.4, -0.2) is 18.3 Å². The third-order valence-electron chi connectivity index (χ3n) is 2.66. The first kappa shape index (κ1) is 11.9. The number of hydrogen-bond acceptors (Lipinski definition) is 2. The molecule has 0 bridgehead atoms. The summed E-state index contributed by atoms with van der Waals surface area (Å²) >= 11 is 1.73. The van der Waals surface area contributed by atoms with E-state index in [0.717, 1.165) is 23.2 Å². The fraction of sp³-hybridized carbons (Fsp3) is 0.538. The number of benzene rings is 1. The van der Waals surface area contributed by atoms with Crippen molar-refractivity contribution in [2.45, 2.75) is 30.7 Å². The molecule has 2 rings (SSSR count). The van der Waals surface area contributed by atoms with E-state index in [-0.39, 0.29) is 5.82 Å². The van der Waals surface area contributed by atoms with Crippen LogP contribution in [0.5, 0.6) is 0 Å². The minimum atomic E-state index is -0.145. The molecule has 0 heterocycles.